The first-order valence-electron chi connectivity index (χ1n) is 10.6. The quantitative estimate of drug-likeness (QED) is 0.508. The highest BCUT2D eigenvalue weighted by Gasteiger charge is 2.48. The van der Waals surface area contributed by atoms with Crippen molar-refractivity contribution in [3.05, 3.63) is 29.8 Å². The molecule has 0 unspecified atom stereocenters. The Labute approximate surface area is 175 Å². The van der Waals surface area contributed by atoms with Crippen LogP contribution in [0.25, 0.3) is 0 Å². The largest absolute Gasteiger partial charge is 0.508 e. The van der Waals surface area contributed by atoms with E-state index < -0.39 is 30.1 Å². The van der Waals surface area contributed by atoms with Crippen LogP contribution in [0.5, 0.6) is 5.75 Å². The molecule has 8 nitrogen and oxygen atoms in total. The van der Waals surface area contributed by atoms with Crippen molar-refractivity contribution in [3.8, 4) is 5.75 Å². The lowest BCUT2D eigenvalue weighted by molar-refractivity contribution is -0.151. The summed E-state index contributed by atoms with van der Waals surface area (Å²) < 4.78 is 0. The van der Waals surface area contributed by atoms with Gasteiger partial charge in [0.2, 0.25) is 5.91 Å². The van der Waals surface area contributed by atoms with Gasteiger partial charge in [-0.05, 0) is 62.6 Å². The third-order valence-electron chi connectivity index (χ3n) is 6.41. The summed E-state index contributed by atoms with van der Waals surface area (Å²) in [7, 11) is 0. The first-order valence-corrected chi connectivity index (χ1v) is 10.6. The van der Waals surface area contributed by atoms with Gasteiger partial charge in [0.05, 0.1) is 6.04 Å². The highest BCUT2D eigenvalue weighted by atomic mass is 16.4. The zero-order valence-electron chi connectivity index (χ0n) is 17.2. The van der Waals surface area contributed by atoms with Crippen LogP contribution in [0.2, 0.25) is 0 Å². The number of carbonyl (C=O) groups excluding carboxylic acids is 1. The number of hydrogen-bond acceptors (Lipinski definition) is 5. The number of aliphatic carboxylic acids is 2. The summed E-state index contributed by atoms with van der Waals surface area (Å²) in [5.41, 5.74) is 0.885. The minimum Gasteiger partial charge on any atom is -0.508 e. The summed E-state index contributed by atoms with van der Waals surface area (Å²) >= 11 is 0. The van der Waals surface area contributed by atoms with Crippen molar-refractivity contribution < 1.29 is 29.7 Å². The van der Waals surface area contributed by atoms with Gasteiger partial charge in [-0.1, -0.05) is 25.0 Å². The number of carbonyl (C=O) groups is 3. The van der Waals surface area contributed by atoms with Crippen LogP contribution in [0, 0.1) is 5.92 Å². The Morgan fingerprint density at radius 2 is 1.80 bits per heavy atom. The van der Waals surface area contributed by atoms with E-state index in [-0.39, 0.29) is 30.0 Å². The fourth-order valence-corrected chi connectivity index (χ4v) is 4.85. The van der Waals surface area contributed by atoms with Gasteiger partial charge in [0.15, 0.2) is 0 Å². The number of phenolic OH excluding ortho intramolecular Hbond substituents is 1. The first kappa shape index (κ1) is 22.1. The highest BCUT2D eigenvalue weighted by Crippen LogP contribution is 2.40. The van der Waals surface area contributed by atoms with Gasteiger partial charge in [-0.15, -0.1) is 0 Å². The zero-order chi connectivity index (χ0) is 21.8. The number of amides is 1. The fourth-order valence-electron chi connectivity index (χ4n) is 4.85. The molecule has 0 spiro atoms. The number of benzene rings is 1. The number of nitrogens with one attached hydrogen (secondary N) is 1. The van der Waals surface area contributed by atoms with Crippen molar-refractivity contribution in [2.45, 2.75) is 76.0 Å². The van der Waals surface area contributed by atoms with Crippen LogP contribution < -0.4 is 5.32 Å². The number of aryl methyl sites for hydroxylation is 1. The number of carboxylic acid groups (broad SMARTS) is 2. The second-order valence-electron chi connectivity index (χ2n) is 8.43. The Morgan fingerprint density at radius 1 is 1.13 bits per heavy atom. The molecule has 0 bridgehead atoms. The molecule has 4 N–H and O–H groups in total. The molecule has 2 aliphatic rings. The predicted molar refractivity (Wildman–Crippen MR) is 109 cm³/mol. The summed E-state index contributed by atoms with van der Waals surface area (Å²) in [5, 5.41) is 31.5. The monoisotopic (exact) mass is 418 g/mol. The van der Waals surface area contributed by atoms with Crippen LogP contribution in [0.4, 0.5) is 0 Å². The Balaban J connectivity index is 1.66. The van der Waals surface area contributed by atoms with Crippen molar-refractivity contribution in [1.82, 2.24) is 10.2 Å². The SMILES string of the molecule is C[C@H](N[C@@H](CCc1ccc(O)cc1)C(=O)O)C(=O)N1[C@H](C(=O)O)C[C@H]2CCCC[C@@H]21. The first-order chi connectivity index (χ1) is 14.3. The maximum Gasteiger partial charge on any atom is 0.326 e. The zero-order valence-corrected chi connectivity index (χ0v) is 17.2. The smallest absolute Gasteiger partial charge is 0.326 e. The van der Waals surface area contributed by atoms with E-state index in [1.54, 1.807) is 31.2 Å². The molecule has 1 aliphatic heterocycles. The van der Waals surface area contributed by atoms with E-state index in [0.717, 1.165) is 31.2 Å². The number of nitrogens with zero attached hydrogens (tertiary/aromatic N) is 1. The minimum absolute atomic E-state index is 0.0723. The molecular formula is C22H30N2O6. The summed E-state index contributed by atoms with van der Waals surface area (Å²) in [4.78, 5) is 38.2. The molecule has 1 aromatic rings. The van der Waals surface area contributed by atoms with Crippen LogP contribution in [-0.2, 0) is 20.8 Å². The molecule has 2 fully saturated rings. The molecule has 1 amide bonds. The molecule has 1 saturated carbocycles. The fraction of sp³-hybridized carbons (Fsp3) is 0.591. The van der Waals surface area contributed by atoms with E-state index in [1.807, 2.05) is 0 Å². The van der Waals surface area contributed by atoms with Gasteiger partial charge in [0.25, 0.3) is 0 Å². The number of carboxylic acids is 2. The van der Waals surface area contributed by atoms with E-state index in [1.165, 1.54) is 4.90 Å². The molecule has 30 heavy (non-hydrogen) atoms. The number of fused-ring (bicyclic) bond motifs is 1. The molecule has 0 aromatic heterocycles. The second kappa shape index (κ2) is 9.47. The predicted octanol–water partition coefficient (Wildman–Crippen LogP) is 2.00. The number of phenols is 1. The van der Waals surface area contributed by atoms with Crippen LogP contribution in [0.1, 0.15) is 51.0 Å². The van der Waals surface area contributed by atoms with E-state index in [0.29, 0.717) is 12.8 Å². The maximum atomic E-state index is 13.2. The lowest BCUT2D eigenvalue weighted by Crippen LogP contribution is -2.55. The van der Waals surface area contributed by atoms with Gasteiger partial charge < -0.3 is 20.2 Å². The number of hydrogen-bond donors (Lipinski definition) is 4. The van der Waals surface area contributed by atoms with Gasteiger partial charge >= 0.3 is 11.9 Å². The van der Waals surface area contributed by atoms with Crippen molar-refractivity contribution in [2.24, 2.45) is 5.92 Å². The Morgan fingerprint density at radius 3 is 2.43 bits per heavy atom. The number of aromatic hydroxyl groups is 1. The average Bonchev–Trinajstić information content (AvgIpc) is 3.11. The average molecular weight is 418 g/mol. The minimum atomic E-state index is -1.06. The summed E-state index contributed by atoms with van der Waals surface area (Å²) in [6.07, 6.45) is 4.98. The number of rotatable bonds is 8. The Kier molecular flexibility index (Phi) is 6.97. The van der Waals surface area contributed by atoms with Crippen LogP contribution in [0.15, 0.2) is 24.3 Å². The summed E-state index contributed by atoms with van der Waals surface area (Å²) in [6, 6.07) is 3.91. The van der Waals surface area contributed by atoms with Gasteiger partial charge in [0.1, 0.15) is 17.8 Å². The van der Waals surface area contributed by atoms with E-state index in [4.69, 9.17) is 0 Å². The maximum absolute atomic E-state index is 13.2. The van der Waals surface area contributed by atoms with Crippen LogP contribution in [-0.4, -0.2) is 62.2 Å². The topological polar surface area (TPSA) is 127 Å². The van der Waals surface area contributed by atoms with Gasteiger partial charge in [-0.2, -0.15) is 0 Å². The molecule has 1 aromatic carbocycles. The Bertz CT molecular complexity index is 780. The molecule has 164 valence electrons. The van der Waals surface area contributed by atoms with Gasteiger partial charge in [0, 0.05) is 6.04 Å². The standard InChI is InChI=1S/C22H30N2O6/c1-13(23-17(21(27)28)11-8-14-6-9-16(25)10-7-14)20(26)24-18-5-3-2-4-15(18)12-19(24)22(29)30/h6-7,9-10,13,15,17-19,23,25H,2-5,8,11-12H2,1H3,(H,27,28)(H,29,30)/t13-,15+,17-,18-,19-/m0/s1. The van der Waals surface area contributed by atoms with Crippen LogP contribution >= 0.6 is 0 Å². The summed E-state index contributed by atoms with van der Waals surface area (Å²) in [5.74, 6) is -2.04. The van der Waals surface area contributed by atoms with Gasteiger partial charge in [-0.3, -0.25) is 14.9 Å². The van der Waals surface area contributed by atoms with E-state index >= 15 is 0 Å². The van der Waals surface area contributed by atoms with Crippen molar-refractivity contribution in [3.63, 3.8) is 0 Å². The molecule has 0 radical (unpaired) electrons. The summed E-state index contributed by atoms with van der Waals surface area (Å²) in [6.45, 7) is 1.61. The lowest BCUT2D eigenvalue weighted by Gasteiger charge is -2.35. The lowest BCUT2D eigenvalue weighted by atomic mass is 9.84. The molecule has 8 heteroatoms. The molecule has 1 aliphatic carbocycles. The van der Waals surface area contributed by atoms with E-state index in [2.05, 4.69) is 5.32 Å². The molecule has 1 heterocycles. The highest BCUT2D eigenvalue weighted by molar-refractivity contribution is 5.88. The van der Waals surface area contributed by atoms with Gasteiger partial charge in [-0.25, -0.2) is 4.79 Å². The molecule has 3 rings (SSSR count). The molecule has 1 saturated heterocycles. The third-order valence-corrected chi connectivity index (χ3v) is 6.41. The molecular weight excluding hydrogens is 388 g/mol. The Hall–Kier alpha value is -2.61. The molecule has 5 atom stereocenters. The normalized spacial score (nSPS) is 25.4. The van der Waals surface area contributed by atoms with Crippen molar-refractivity contribution >= 4 is 17.8 Å². The van der Waals surface area contributed by atoms with Crippen LogP contribution in [0.3, 0.4) is 0 Å². The second-order valence-corrected chi connectivity index (χ2v) is 8.43. The number of likely N-dealkylation sites (tertiary alicyclic amines) is 1. The van der Waals surface area contributed by atoms with E-state index in [9.17, 15) is 29.7 Å². The van der Waals surface area contributed by atoms with Crippen molar-refractivity contribution in [1.29, 1.82) is 0 Å². The van der Waals surface area contributed by atoms with Crippen molar-refractivity contribution in [2.75, 3.05) is 0 Å². The third kappa shape index (κ3) is 4.92.